The lowest BCUT2D eigenvalue weighted by atomic mass is 9.98. The third-order valence-corrected chi connectivity index (χ3v) is 3.18. The molecule has 2 rings (SSSR count). The van der Waals surface area contributed by atoms with Crippen molar-refractivity contribution in [1.82, 2.24) is 10.3 Å². The number of amides is 1. The fourth-order valence-corrected chi connectivity index (χ4v) is 1.89. The number of halogens is 1. The highest BCUT2D eigenvalue weighted by Crippen LogP contribution is 2.21. The van der Waals surface area contributed by atoms with Crippen LogP contribution < -0.4 is 10.1 Å². The van der Waals surface area contributed by atoms with Gasteiger partial charge in [0.2, 0.25) is 11.8 Å². The minimum absolute atomic E-state index is 0.247. The Morgan fingerprint density at radius 2 is 1.96 bits per heavy atom. The first kappa shape index (κ1) is 16.5. The Hall–Kier alpha value is -2.91. The van der Waals surface area contributed by atoms with Crippen LogP contribution in [-0.4, -0.2) is 23.7 Å². The molecule has 0 radical (unpaired) electrons. The molecule has 0 saturated heterocycles. The van der Waals surface area contributed by atoms with E-state index in [0.29, 0.717) is 16.7 Å². The van der Waals surface area contributed by atoms with Crippen LogP contribution in [0.25, 0.3) is 0 Å². The zero-order valence-electron chi connectivity index (χ0n) is 12.1. The van der Waals surface area contributed by atoms with Crippen molar-refractivity contribution in [1.29, 1.82) is 5.26 Å². The molecule has 1 heterocycles. The average Bonchev–Trinajstić information content (AvgIpc) is 2.58. The molecule has 7 heteroatoms. The smallest absolute Gasteiger partial charge is 0.245 e. The molecule has 1 aromatic heterocycles. The maximum absolute atomic E-state index is 12.1. The zero-order chi connectivity index (χ0) is 16.8. The molecule has 116 valence electrons. The molecule has 0 aliphatic carbocycles. The van der Waals surface area contributed by atoms with Crippen molar-refractivity contribution >= 4 is 23.3 Å². The molecule has 1 N–H and O–H groups in total. The van der Waals surface area contributed by atoms with Gasteiger partial charge in [-0.3, -0.25) is 9.59 Å². The number of aromatic nitrogens is 1. The van der Waals surface area contributed by atoms with E-state index in [0.717, 1.165) is 0 Å². The summed E-state index contributed by atoms with van der Waals surface area (Å²) in [5, 5.41) is 11.7. The number of ether oxygens (including phenoxy) is 1. The Kier molecular flexibility index (Phi) is 5.28. The lowest BCUT2D eigenvalue weighted by molar-refractivity contribution is -0.121. The second-order valence-electron chi connectivity index (χ2n) is 4.48. The number of pyridine rings is 1. The van der Waals surface area contributed by atoms with Gasteiger partial charge in [0.1, 0.15) is 5.75 Å². The van der Waals surface area contributed by atoms with E-state index in [2.05, 4.69) is 10.3 Å². The fraction of sp³-hybridized carbons (Fsp3) is 0.125. The van der Waals surface area contributed by atoms with E-state index in [1.807, 2.05) is 0 Å². The van der Waals surface area contributed by atoms with Gasteiger partial charge in [-0.1, -0.05) is 11.6 Å². The Balaban J connectivity index is 2.12. The average molecular weight is 330 g/mol. The molecule has 6 nitrogen and oxygen atoms in total. The summed E-state index contributed by atoms with van der Waals surface area (Å²) in [6.07, 6.45) is 1.45. The van der Waals surface area contributed by atoms with Crippen molar-refractivity contribution in [3.05, 3.63) is 53.2 Å². The van der Waals surface area contributed by atoms with Crippen LogP contribution in [0.3, 0.4) is 0 Å². The van der Waals surface area contributed by atoms with Gasteiger partial charge < -0.3 is 10.1 Å². The van der Waals surface area contributed by atoms with E-state index < -0.39 is 17.6 Å². The molecule has 0 aliphatic rings. The van der Waals surface area contributed by atoms with Crippen LogP contribution in [0.2, 0.25) is 5.02 Å². The van der Waals surface area contributed by atoms with Crippen LogP contribution in [0.1, 0.15) is 10.4 Å². The predicted molar refractivity (Wildman–Crippen MR) is 83.3 cm³/mol. The van der Waals surface area contributed by atoms with Crippen molar-refractivity contribution < 1.29 is 14.3 Å². The van der Waals surface area contributed by atoms with Crippen molar-refractivity contribution in [3.8, 4) is 17.7 Å². The quantitative estimate of drug-likeness (QED) is 0.672. The molecule has 0 unspecified atom stereocenters. The first-order valence-electron chi connectivity index (χ1n) is 6.60. The molecule has 1 amide bonds. The number of benzene rings is 1. The maximum atomic E-state index is 12.1. The number of nitriles is 1. The molecule has 0 fully saturated rings. The van der Waals surface area contributed by atoms with E-state index in [1.54, 1.807) is 30.3 Å². The second-order valence-corrected chi connectivity index (χ2v) is 4.92. The highest BCUT2D eigenvalue weighted by Gasteiger charge is 2.26. The minimum Gasteiger partial charge on any atom is -0.439 e. The summed E-state index contributed by atoms with van der Waals surface area (Å²) in [5.74, 6) is -1.76. The first-order valence-corrected chi connectivity index (χ1v) is 6.98. The van der Waals surface area contributed by atoms with E-state index in [1.165, 1.54) is 25.4 Å². The zero-order valence-corrected chi connectivity index (χ0v) is 12.9. The molecule has 0 spiro atoms. The molecular weight excluding hydrogens is 318 g/mol. The highest BCUT2D eigenvalue weighted by atomic mass is 35.5. The number of carbonyl (C=O) groups excluding carboxylic acids is 2. The van der Waals surface area contributed by atoms with Crippen LogP contribution in [0, 0.1) is 17.2 Å². The summed E-state index contributed by atoms with van der Waals surface area (Å²) in [5.41, 5.74) is 0.247. The van der Waals surface area contributed by atoms with Crippen LogP contribution in [0.4, 0.5) is 0 Å². The van der Waals surface area contributed by atoms with E-state index >= 15 is 0 Å². The van der Waals surface area contributed by atoms with Crippen molar-refractivity contribution in [2.75, 3.05) is 7.05 Å². The number of hydrogen-bond acceptors (Lipinski definition) is 5. The summed E-state index contributed by atoms with van der Waals surface area (Å²) < 4.78 is 5.50. The number of ketones is 1. The lowest BCUT2D eigenvalue weighted by Gasteiger charge is -2.08. The van der Waals surface area contributed by atoms with E-state index in [9.17, 15) is 9.59 Å². The highest BCUT2D eigenvalue weighted by molar-refractivity contribution is 6.30. The molecule has 1 atom stereocenters. The fourth-order valence-electron chi connectivity index (χ4n) is 1.78. The topological polar surface area (TPSA) is 92.1 Å². The Morgan fingerprint density at radius 1 is 1.26 bits per heavy atom. The van der Waals surface area contributed by atoms with Gasteiger partial charge in [0.25, 0.3) is 0 Å². The third kappa shape index (κ3) is 4.05. The number of carbonyl (C=O) groups is 2. The first-order chi connectivity index (χ1) is 11.0. The molecule has 1 aromatic carbocycles. The summed E-state index contributed by atoms with van der Waals surface area (Å²) >= 11 is 5.74. The van der Waals surface area contributed by atoms with Crippen molar-refractivity contribution in [2.24, 2.45) is 5.92 Å². The van der Waals surface area contributed by atoms with Crippen LogP contribution in [-0.2, 0) is 4.79 Å². The van der Waals surface area contributed by atoms with Crippen LogP contribution in [0.15, 0.2) is 42.6 Å². The minimum atomic E-state index is -1.37. The van der Waals surface area contributed by atoms with Gasteiger partial charge in [0.05, 0.1) is 11.1 Å². The Bertz CT molecular complexity index is 752. The summed E-state index contributed by atoms with van der Waals surface area (Å²) in [7, 11) is 1.37. The molecule has 23 heavy (non-hydrogen) atoms. The maximum Gasteiger partial charge on any atom is 0.245 e. The number of rotatable bonds is 5. The summed E-state index contributed by atoms with van der Waals surface area (Å²) in [6, 6.07) is 11.0. The van der Waals surface area contributed by atoms with Gasteiger partial charge in [-0.15, -0.1) is 0 Å². The third-order valence-electron chi connectivity index (χ3n) is 2.96. The Labute approximate surface area is 137 Å². The number of hydrogen-bond donors (Lipinski definition) is 1. The van der Waals surface area contributed by atoms with Crippen LogP contribution in [0.5, 0.6) is 11.6 Å². The van der Waals surface area contributed by atoms with Gasteiger partial charge in [-0.25, -0.2) is 4.98 Å². The molecular formula is C16H12ClN3O3. The summed E-state index contributed by atoms with van der Waals surface area (Å²) in [6.45, 7) is 0. The summed E-state index contributed by atoms with van der Waals surface area (Å²) in [4.78, 5) is 27.6. The van der Waals surface area contributed by atoms with E-state index in [-0.39, 0.29) is 5.56 Å². The lowest BCUT2D eigenvalue weighted by Crippen LogP contribution is -2.32. The molecule has 0 aliphatic heterocycles. The Morgan fingerprint density at radius 3 is 2.48 bits per heavy atom. The largest absolute Gasteiger partial charge is 0.439 e. The van der Waals surface area contributed by atoms with Crippen molar-refractivity contribution in [3.63, 3.8) is 0 Å². The van der Waals surface area contributed by atoms with Gasteiger partial charge in [0, 0.05) is 24.9 Å². The second kappa shape index (κ2) is 7.38. The normalized spacial score (nSPS) is 11.2. The van der Waals surface area contributed by atoms with Gasteiger partial charge >= 0.3 is 0 Å². The van der Waals surface area contributed by atoms with Crippen LogP contribution >= 0.6 is 11.6 Å². The van der Waals surface area contributed by atoms with Gasteiger partial charge in [-0.2, -0.15) is 5.26 Å². The SMILES string of the molecule is CNC(=O)[C@H](C#N)C(=O)c1ccc(Oc2ccc(Cl)cn2)cc1. The molecule has 0 bridgehead atoms. The predicted octanol–water partition coefficient (Wildman–Crippen LogP) is 2.60. The monoisotopic (exact) mass is 329 g/mol. The number of Topliss-reactive ketones (excluding diaryl/α,β-unsaturated/α-hetero) is 1. The number of nitrogens with one attached hydrogen (secondary N) is 1. The standard InChI is InChI=1S/C16H12ClN3O3/c1-19-16(22)13(8-18)15(21)10-2-5-12(6-3-10)23-14-7-4-11(17)9-20-14/h2-7,9,13H,1H3,(H,19,22)/t13-/m1/s1. The van der Waals surface area contributed by atoms with Gasteiger partial charge in [0.15, 0.2) is 11.7 Å². The van der Waals surface area contributed by atoms with Gasteiger partial charge in [-0.05, 0) is 30.3 Å². The van der Waals surface area contributed by atoms with Crippen molar-refractivity contribution in [2.45, 2.75) is 0 Å². The molecule has 2 aromatic rings. The molecule has 0 saturated carbocycles. The number of nitrogens with zero attached hydrogens (tertiary/aromatic N) is 2. The van der Waals surface area contributed by atoms with E-state index in [4.69, 9.17) is 21.6 Å².